The molecule has 12 aromatic rings. The minimum atomic E-state index is -0.578. The third-order valence-corrected chi connectivity index (χ3v) is 21.8. The SMILES string of the molecule is C=CC(=O)OCCCCCCOc1ccc(-c2ccc(C(=O)Oc3ccc(C(=C(c4ccc(OC(=O)c5ccc(-c6ccc(OCCCCCCOC(=O)C=C)cc6)cc5)cc4)c4ccc(OC(=O)c5ccc(-c6ccc(OCCCCCCOC(=O)C=C)cc6)cc5)cc4)c4ccc(OC(=O)c5ccc(-c6ccc(OCCCCCCOC(=O)C=C)cc6)cc5)cc4)cc3)cc2)cc1. The van der Waals surface area contributed by atoms with Gasteiger partial charge in [0.25, 0.3) is 0 Å². The summed E-state index contributed by atoms with van der Waals surface area (Å²) in [6.45, 7) is 17.3. The van der Waals surface area contributed by atoms with Crippen LogP contribution in [0.3, 0.4) is 0 Å². The average Bonchev–Trinajstić information content (AvgIpc) is 0.773. The van der Waals surface area contributed by atoms with Gasteiger partial charge in [0.2, 0.25) is 0 Å². The Kier molecular flexibility index (Phi) is 37.9. The molecule has 0 fully saturated rings. The maximum Gasteiger partial charge on any atom is 0.343 e. The second kappa shape index (κ2) is 52.2. The van der Waals surface area contributed by atoms with Crippen LogP contribution in [-0.2, 0) is 38.1 Å². The molecule has 0 bridgehead atoms. The topological polar surface area (TPSA) is 247 Å². The van der Waals surface area contributed by atoms with Crippen LogP contribution in [-0.4, -0.2) is 101 Å². The van der Waals surface area contributed by atoms with Crippen molar-refractivity contribution in [1.29, 1.82) is 0 Å². The number of esters is 8. The van der Waals surface area contributed by atoms with Crippen LogP contribution in [0.2, 0.25) is 0 Å². The van der Waals surface area contributed by atoms with Crippen LogP contribution in [0.1, 0.15) is 166 Å². The first-order valence-electron chi connectivity index (χ1n) is 45.1. The van der Waals surface area contributed by atoms with Gasteiger partial charge < -0.3 is 56.8 Å². The van der Waals surface area contributed by atoms with Gasteiger partial charge in [0.1, 0.15) is 46.0 Å². The third-order valence-electron chi connectivity index (χ3n) is 21.8. The first-order valence-corrected chi connectivity index (χ1v) is 45.1. The summed E-state index contributed by atoms with van der Waals surface area (Å²) in [7, 11) is 0. The summed E-state index contributed by atoms with van der Waals surface area (Å²) < 4.78 is 68.6. The van der Waals surface area contributed by atoms with E-state index in [-0.39, 0.29) is 23.0 Å². The number of rotatable bonds is 52. The lowest BCUT2D eigenvalue weighted by atomic mass is 9.85. The highest BCUT2D eigenvalue weighted by molar-refractivity contribution is 6.05. The van der Waals surface area contributed by atoms with E-state index in [2.05, 4.69) is 26.3 Å². The highest BCUT2D eigenvalue weighted by atomic mass is 16.6. The summed E-state index contributed by atoms with van der Waals surface area (Å²) in [6.07, 6.45) is 18.5. The Bertz CT molecular complexity index is 5170. The molecule has 20 heteroatoms. The van der Waals surface area contributed by atoms with Gasteiger partial charge in [-0.3, -0.25) is 0 Å². The number of carbonyl (C=O) groups is 8. The smallest absolute Gasteiger partial charge is 0.343 e. The highest BCUT2D eigenvalue weighted by Crippen LogP contribution is 2.41. The van der Waals surface area contributed by atoms with E-state index >= 15 is 0 Å². The Morgan fingerprint density at radius 1 is 0.172 bits per heavy atom. The molecule has 134 heavy (non-hydrogen) atoms. The second-order valence-electron chi connectivity index (χ2n) is 31.3. The molecule has 0 spiro atoms. The molecule has 0 radical (unpaired) electrons. The largest absolute Gasteiger partial charge is 0.494 e. The summed E-state index contributed by atoms with van der Waals surface area (Å²) in [4.78, 5) is 102. The lowest BCUT2D eigenvalue weighted by molar-refractivity contribution is -0.138. The van der Waals surface area contributed by atoms with E-state index in [0.29, 0.717) is 109 Å². The van der Waals surface area contributed by atoms with Crippen molar-refractivity contribution in [1.82, 2.24) is 0 Å². The normalized spacial score (nSPS) is 10.7. The molecule has 684 valence electrons. The van der Waals surface area contributed by atoms with E-state index in [9.17, 15) is 38.4 Å². The van der Waals surface area contributed by atoms with Crippen molar-refractivity contribution in [3.05, 3.63) is 386 Å². The number of benzene rings is 12. The summed E-state index contributed by atoms with van der Waals surface area (Å²) in [5.74, 6) is 0.00763. The predicted octanol–water partition coefficient (Wildman–Crippen LogP) is 24.9. The second-order valence-corrected chi connectivity index (χ2v) is 31.3. The molecule has 0 heterocycles. The maximum absolute atomic E-state index is 14.1. The molecular formula is C114H108O20. The molecule has 0 saturated carbocycles. The van der Waals surface area contributed by atoms with E-state index in [1.165, 1.54) is 0 Å². The third kappa shape index (κ3) is 30.7. The van der Waals surface area contributed by atoms with Crippen LogP contribution in [0.15, 0.2) is 342 Å². The lowest BCUT2D eigenvalue weighted by Gasteiger charge is -2.19. The van der Waals surface area contributed by atoms with Gasteiger partial charge in [0.05, 0.1) is 75.1 Å². The number of ether oxygens (including phenoxy) is 12. The van der Waals surface area contributed by atoms with Gasteiger partial charge in [-0.2, -0.15) is 0 Å². The van der Waals surface area contributed by atoms with Gasteiger partial charge >= 0.3 is 47.8 Å². The molecule has 0 aliphatic heterocycles. The van der Waals surface area contributed by atoms with E-state index in [0.717, 1.165) is 195 Å². The highest BCUT2D eigenvalue weighted by Gasteiger charge is 2.22. The molecule has 12 rings (SSSR count). The van der Waals surface area contributed by atoms with E-state index in [1.807, 2.05) is 194 Å². The van der Waals surface area contributed by atoms with Gasteiger partial charge in [-0.05, 0) is 326 Å². The molecule has 20 nitrogen and oxygen atoms in total. The van der Waals surface area contributed by atoms with Gasteiger partial charge in [-0.25, -0.2) is 38.4 Å². The maximum atomic E-state index is 14.1. The van der Waals surface area contributed by atoms with Crippen LogP contribution in [0.25, 0.3) is 55.7 Å². The standard InChI is InChI=1S/C114H108O20/c1-5-105(115)127-77-21-13-9-17-73-123-97-57-41-85(42-58-97)81-25-33-93(34-26-81)111(119)131-101-65-49-89(50-66-101)109(90-51-67-102(68-52-90)132-112(120)94-35-27-82(28-36-94)86-43-59-98(60-44-86)124-74-18-10-14-22-78-128-106(116)6-2)110(91-53-69-103(70-54-91)133-113(121)95-37-29-83(30-38-95)87-45-61-99(62-46-87)125-75-19-11-15-23-79-129-107(117)7-3)92-55-71-104(72-56-92)134-114(122)96-39-31-84(32-40-96)88-47-63-100(64-48-88)126-76-20-12-16-24-80-130-108(118)8-4/h5-8,25-72H,1-4,9-24,73-80H2. The molecular weight excluding hydrogens is 1690 g/mol. The van der Waals surface area contributed by atoms with E-state index in [4.69, 9.17) is 56.8 Å². The summed E-state index contributed by atoms with van der Waals surface area (Å²) >= 11 is 0. The Morgan fingerprint density at radius 2 is 0.313 bits per heavy atom. The fraction of sp³-hybridized carbons (Fsp3) is 0.211. The van der Waals surface area contributed by atoms with Gasteiger partial charge in [-0.15, -0.1) is 0 Å². The summed E-state index contributed by atoms with van der Waals surface area (Å²) in [5, 5.41) is 0. The first-order chi connectivity index (χ1) is 65.5. The van der Waals surface area contributed by atoms with Crippen molar-refractivity contribution < 1.29 is 95.2 Å². The Hall–Kier alpha value is -15.7. The summed E-state index contributed by atoms with van der Waals surface area (Å²) in [5.41, 5.74) is 12.6. The van der Waals surface area contributed by atoms with Crippen molar-refractivity contribution in [2.45, 2.75) is 103 Å². The zero-order chi connectivity index (χ0) is 93.9. The first kappa shape index (κ1) is 97.4. The van der Waals surface area contributed by atoms with Crippen molar-refractivity contribution in [3.8, 4) is 90.5 Å². The van der Waals surface area contributed by atoms with Crippen molar-refractivity contribution in [3.63, 3.8) is 0 Å². The molecule has 12 aromatic carbocycles. The fourth-order valence-electron chi connectivity index (χ4n) is 14.4. The van der Waals surface area contributed by atoms with Crippen molar-refractivity contribution >= 4 is 58.9 Å². The minimum absolute atomic E-state index is 0.264. The molecule has 0 aromatic heterocycles. The molecule has 0 atom stereocenters. The number of carbonyl (C=O) groups excluding carboxylic acids is 8. The van der Waals surface area contributed by atoms with Crippen LogP contribution in [0.4, 0.5) is 0 Å². The van der Waals surface area contributed by atoms with Crippen molar-refractivity contribution in [2.75, 3.05) is 52.9 Å². The van der Waals surface area contributed by atoms with Crippen LogP contribution < -0.4 is 37.9 Å². The zero-order valence-electron chi connectivity index (χ0n) is 75.0. The van der Waals surface area contributed by atoms with E-state index in [1.54, 1.807) is 97.1 Å². The number of hydrogen-bond acceptors (Lipinski definition) is 20. The van der Waals surface area contributed by atoms with Crippen molar-refractivity contribution in [2.24, 2.45) is 0 Å². The zero-order valence-corrected chi connectivity index (χ0v) is 75.0. The Balaban J connectivity index is 0.781. The monoisotopic (exact) mass is 1800 g/mol. The summed E-state index contributed by atoms with van der Waals surface area (Å²) in [6, 6.07) is 88.1. The quantitative estimate of drug-likeness (QED) is 0.00858. The average molecular weight is 1800 g/mol. The predicted molar refractivity (Wildman–Crippen MR) is 519 cm³/mol. The van der Waals surface area contributed by atoms with E-state index < -0.39 is 47.8 Å². The Morgan fingerprint density at radius 3 is 0.478 bits per heavy atom. The molecule has 0 amide bonds. The molecule has 0 aliphatic carbocycles. The van der Waals surface area contributed by atoms with Gasteiger partial charge in [0, 0.05) is 24.3 Å². The molecule has 0 unspecified atom stereocenters. The minimum Gasteiger partial charge on any atom is -0.494 e. The molecule has 0 N–H and O–H groups in total. The molecule has 0 aliphatic rings. The van der Waals surface area contributed by atoms with Crippen LogP contribution >= 0.6 is 0 Å². The number of unbranched alkanes of at least 4 members (excludes halogenated alkanes) is 12. The van der Waals surface area contributed by atoms with Gasteiger partial charge in [0.15, 0.2) is 0 Å². The van der Waals surface area contributed by atoms with Crippen LogP contribution in [0.5, 0.6) is 46.0 Å². The number of hydrogen-bond donors (Lipinski definition) is 0. The fourth-order valence-corrected chi connectivity index (χ4v) is 14.4. The molecule has 0 saturated heterocycles. The lowest BCUT2D eigenvalue weighted by Crippen LogP contribution is -2.09. The van der Waals surface area contributed by atoms with Gasteiger partial charge in [-0.1, -0.05) is 172 Å². The van der Waals surface area contributed by atoms with Crippen LogP contribution in [0, 0.1) is 0 Å². The Labute approximate surface area is 782 Å².